The van der Waals surface area contributed by atoms with Gasteiger partial charge in [-0.25, -0.2) is 4.79 Å². The first-order valence-electron chi connectivity index (χ1n) is 6.79. The Kier molecular flexibility index (Phi) is 5.11. The average molecular weight is 297 g/mol. The molecule has 110 valence electrons. The van der Waals surface area contributed by atoms with Gasteiger partial charge in [-0.1, -0.05) is 31.0 Å². The minimum Gasteiger partial charge on any atom is -0.475 e. The summed E-state index contributed by atoms with van der Waals surface area (Å²) in [5, 5.41) is 9.22. The lowest BCUT2D eigenvalue weighted by molar-refractivity contribution is -0.129. The standard InChI is InChI=1S/C14H19NO4S/c1-15(10-5-3-2-4-6-10)12(16)9-20-13-8-7-11(19-13)14(17)18/h7-8,10H,2-6,9H2,1H3,(H,17,18). The van der Waals surface area contributed by atoms with E-state index in [1.807, 2.05) is 11.9 Å². The molecular formula is C14H19NO4S. The van der Waals surface area contributed by atoms with Crippen molar-refractivity contribution in [2.75, 3.05) is 12.8 Å². The molecule has 1 aromatic heterocycles. The zero-order chi connectivity index (χ0) is 14.5. The van der Waals surface area contributed by atoms with Crippen LogP contribution in [0.15, 0.2) is 21.6 Å². The van der Waals surface area contributed by atoms with Gasteiger partial charge in [0.15, 0.2) is 5.09 Å². The molecule has 2 rings (SSSR count). The van der Waals surface area contributed by atoms with Gasteiger partial charge in [0.05, 0.1) is 5.75 Å². The van der Waals surface area contributed by atoms with Crippen LogP contribution in [0.4, 0.5) is 0 Å². The Balaban J connectivity index is 1.82. The highest BCUT2D eigenvalue weighted by Gasteiger charge is 2.22. The van der Waals surface area contributed by atoms with E-state index in [1.165, 1.54) is 37.1 Å². The second-order valence-corrected chi connectivity index (χ2v) is 5.99. The number of amides is 1. The minimum atomic E-state index is -1.09. The van der Waals surface area contributed by atoms with E-state index in [0.717, 1.165) is 12.8 Å². The van der Waals surface area contributed by atoms with E-state index >= 15 is 0 Å². The second kappa shape index (κ2) is 6.83. The van der Waals surface area contributed by atoms with Gasteiger partial charge in [0.2, 0.25) is 11.7 Å². The number of hydrogen-bond donors (Lipinski definition) is 1. The molecule has 6 heteroatoms. The lowest BCUT2D eigenvalue weighted by Gasteiger charge is -2.31. The summed E-state index contributed by atoms with van der Waals surface area (Å²) in [4.78, 5) is 24.6. The number of aromatic carboxylic acids is 1. The summed E-state index contributed by atoms with van der Waals surface area (Å²) in [5.41, 5.74) is 0. The number of furan rings is 1. The van der Waals surface area contributed by atoms with Crippen molar-refractivity contribution in [1.82, 2.24) is 4.90 Å². The molecule has 1 aliphatic rings. The molecule has 1 fully saturated rings. The molecule has 0 atom stereocenters. The Labute approximate surface area is 122 Å². The lowest BCUT2D eigenvalue weighted by Crippen LogP contribution is -2.39. The monoisotopic (exact) mass is 297 g/mol. The van der Waals surface area contributed by atoms with Crippen molar-refractivity contribution in [2.24, 2.45) is 0 Å². The first-order valence-corrected chi connectivity index (χ1v) is 7.78. The fraction of sp³-hybridized carbons (Fsp3) is 0.571. The zero-order valence-corrected chi connectivity index (χ0v) is 12.3. The molecule has 0 bridgehead atoms. The number of rotatable bonds is 5. The van der Waals surface area contributed by atoms with Crippen molar-refractivity contribution in [3.05, 3.63) is 17.9 Å². The third kappa shape index (κ3) is 3.79. The molecule has 1 N–H and O–H groups in total. The van der Waals surface area contributed by atoms with E-state index in [1.54, 1.807) is 6.07 Å². The van der Waals surface area contributed by atoms with Gasteiger partial charge >= 0.3 is 5.97 Å². The topological polar surface area (TPSA) is 70.8 Å². The molecule has 1 aliphatic carbocycles. The molecule has 1 saturated carbocycles. The van der Waals surface area contributed by atoms with Crippen molar-refractivity contribution >= 4 is 23.6 Å². The summed E-state index contributed by atoms with van der Waals surface area (Å²) < 4.78 is 5.11. The van der Waals surface area contributed by atoms with Gasteiger partial charge in [-0.15, -0.1) is 0 Å². The zero-order valence-electron chi connectivity index (χ0n) is 11.5. The Hall–Kier alpha value is -1.43. The van der Waals surface area contributed by atoms with E-state index in [9.17, 15) is 9.59 Å². The van der Waals surface area contributed by atoms with Crippen molar-refractivity contribution < 1.29 is 19.1 Å². The number of thioether (sulfide) groups is 1. The molecule has 0 unspecified atom stereocenters. The Morgan fingerprint density at radius 2 is 2.05 bits per heavy atom. The normalized spacial score (nSPS) is 16.1. The minimum absolute atomic E-state index is 0.0650. The molecule has 1 aromatic rings. The first kappa shape index (κ1) is 15.0. The summed E-state index contributed by atoms with van der Waals surface area (Å²) >= 11 is 1.24. The third-order valence-electron chi connectivity index (χ3n) is 3.65. The summed E-state index contributed by atoms with van der Waals surface area (Å²) in [6.45, 7) is 0. The van der Waals surface area contributed by atoms with E-state index in [0.29, 0.717) is 11.1 Å². The van der Waals surface area contributed by atoms with Crippen LogP contribution in [-0.2, 0) is 4.79 Å². The number of carboxylic acids is 1. The van der Waals surface area contributed by atoms with E-state index in [2.05, 4.69) is 0 Å². The number of nitrogens with zero attached hydrogens (tertiary/aromatic N) is 1. The second-order valence-electron chi connectivity index (χ2n) is 5.01. The Bertz CT molecular complexity index is 479. The molecular weight excluding hydrogens is 278 g/mol. The highest BCUT2D eigenvalue weighted by atomic mass is 32.2. The molecule has 1 heterocycles. The van der Waals surface area contributed by atoms with Gasteiger partial charge < -0.3 is 14.4 Å². The Morgan fingerprint density at radius 1 is 1.35 bits per heavy atom. The Morgan fingerprint density at radius 3 is 2.65 bits per heavy atom. The van der Waals surface area contributed by atoms with Crippen LogP contribution in [0.3, 0.4) is 0 Å². The number of carboxylic acid groups (broad SMARTS) is 1. The molecule has 0 spiro atoms. The van der Waals surface area contributed by atoms with Crippen LogP contribution in [0, 0.1) is 0 Å². The molecule has 0 aliphatic heterocycles. The average Bonchev–Trinajstić information content (AvgIpc) is 2.94. The van der Waals surface area contributed by atoms with Crippen molar-refractivity contribution in [3.63, 3.8) is 0 Å². The fourth-order valence-corrected chi connectivity index (χ4v) is 3.20. The van der Waals surface area contributed by atoms with E-state index in [4.69, 9.17) is 9.52 Å². The molecule has 20 heavy (non-hydrogen) atoms. The van der Waals surface area contributed by atoms with Crippen molar-refractivity contribution in [2.45, 2.75) is 43.2 Å². The van der Waals surface area contributed by atoms with E-state index in [-0.39, 0.29) is 17.4 Å². The van der Waals surface area contributed by atoms with Gasteiger partial charge in [-0.3, -0.25) is 4.79 Å². The predicted octanol–water partition coefficient (Wildman–Crippen LogP) is 2.86. The molecule has 0 aromatic carbocycles. The summed E-state index contributed by atoms with van der Waals surface area (Å²) in [6.07, 6.45) is 5.80. The van der Waals surface area contributed by atoms with E-state index < -0.39 is 5.97 Å². The fourth-order valence-electron chi connectivity index (χ4n) is 2.42. The van der Waals surface area contributed by atoms with Gasteiger partial charge in [0.1, 0.15) is 0 Å². The first-order chi connectivity index (χ1) is 9.58. The van der Waals surface area contributed by atoms with Gasteiger partial charge in [-0.2, -0.15) is 0 Å². The van der Waals surface area contributed by atoms with Crippen LogP contribution >= 0.6 is 11.8 Å². The van der Waals surface area contributed by atoms with Gasteiger partial charge in [0, 0.05) is 13.1 Å². The van der Waals surface area contributed by atoms with Gasteiger partial charge in [-0.05, 0) is 25.0 Å². The van der Waals surface area contributed by atoms with Gasteiger partial charge in [0.25, 0.3) is 0 Å². The largest absolute Gasteiger partial charge is 0.475 e. The predicted molar refractivity (Wildman–Crippen MR) is 76.0 cm³/mol. The summed E-state index contributed by atoms with van der Waals surface area (Å²) in [6, 6.07) is 3.34. The third-order valence-corrected chi connectivity index (χ3v) is 4.54. The molecule has 0 radical (unpaired) electrons. The van der Waals surface area contributed by atoms with Crippen LogP contribution in [0.5, 0.6) is 0 Å². The molecule has 5 nitrogen and oxygen atoms in total. The van der Waals surface area contributed by atoms with Crippen LogP contribution < -0.4 is 0 Å². The summed E-state index contributed by atoms with van der Waals surface area (Å²) in [7, 11) is 1.85. The van der Waals surface area contributed by atoms with Crippen LogP contribution in [0.1, 0.15) is 42.7 Å². The SMILES string of the molecule is CN(C(=O)CSc1ccc(C(=O)O)o1)C1CCCCC1. The van der Waals surface area contributed by atoms with Crippen LogP contribution in [0.2, 0.25) is 0 Å². The summed E-state index contributed by atoms with van der Waals surface area (Å²) in [5.74, 6) is -0.849. The molecule has 0 saturated heterocycles. The highest BCUT2D eigenvalue weighted by Crippen LogP contribution is 2.24. The number of carbonyl (C=O) groups excluding carboxylic acids is 1. The maximum atomic E-state index is 12.1. The van der Waals surface area contributed by atoms with Crippen LogP contribution in [0.25, 0.3) is 0 Å². The molecule has 1 amide bonds. The smallest absolute Gasteiger partial charge is 0.371 e. The van der Waals surface area contributed by atoms with Crippen molar-refractivity contribution in [1.29, 1.82) is 0 Å². The quantitative estimate of drug-likeness (QED) is 0.846. The highest BCUT2D eigenvalue weighted by molar-refractivity contribution is 7.99. The maximum absolute atomic E-state index is 12.1. The number of carbonyl (C=O) groups is 2. The van der Waals surface area contributed by atoms with Crippen molar-refractivity contribution in [3.8, 4) is 0 Å². The lowest BCUT2D eigenvalue weighted by atomic mass is 9.94. The van der Waals surface area contributed by atoms with Crippen LogP contribution in [-0.4, -0.2) is 40.7 Å². The number of hydrogen-bond acceptors (Lipinski definition) is 4. The maximum Gasteiger partial charge on any atom is 0.371 e.